The zero-order chi connectivity index (χ0) is 13.1. The normalized spacial score (nSPS) is 11.3. The predicted octanol–water partition coefficient (Wildman–Crippen LogP) is 2.74. The maximum Gasteiger partial charge on any atom is 0.573 e. The quantitative estimate of drug-likeness (QED) is 0.838. The number of alkyl halides is 3. The molecule has 0 atom stereocenters. The van der Waals surface area contributed by atoms with Crippen molar-refractivity contribution < 1.29 is 32.2 Å². The minimum Gasteiger partial charge on any atom is -0.481 e. The highest BCUT2D eigenvalue weighted by Crippen LogP contribution is 2.25. The van der Waals surface area contributed by atoms with Gasteiger partial charge in [-0.25, -0.2) is 4.39 Å². The molecule has 7 heteroatoms. The first-order valence-electron chi connectivity index (χ1n) is 4.53. The Balaban J connectivity index is 2.83. The average Bonchev–Trinajstić information content (AvgIpc) is 2.10. The van der Waals surface area contributed by atoms with E-state index in [0.29, 0.717) is 6.07 Å². The molecule has 0 radical (unpaired) electrons. The number of hydrogen-bond acceptors (Lipinski definition) is 2. The van der Waals surface area contributed by atoms with Gasteiger partial charge in [0.15, 0.2) is 0 Å². The number of benzene rings is 1. The molecule has 0 fully saturated rings. The molecule has 0 aliphatic carbocycles. The van der Waals surface area contributed by atoms with Gasteiger partial charge in [0.25, 0.3) is 0 Å². The van der Waals surface area contributed by atoms with Gasteiger partial charge in [-0.2, -0.15) is 0 Å². The second-order valence-electron chi connectivity index (χ2n) is 3.24. The number of carbonyl (C=O) groups is 1. The molecular formula is C10H8F4O3. The van der Waals surface area contributed by atoms with Crippen LogP contribution in [0.15, 0.2) is 18.2 Å². The lowest BCUT2D eigenvalue weighted by molar-refractivity contribution is -0.274. The minimum atomic E-state index is -4.90. The zero-order valence-electron chi connectivity index (χ0n) is 8.42. The number of carboxylic acids is 1. The van der Waals surface area contributed by atoms with Gasteiger partial charge in [0.1, 0.15) is 11.6 Å². The van der Waals surface area contributed by atoms with Crippen LogP contribution in [0.5, 0.6) is 5.75 Å². The smallest absolute Gasteiger partial charge is 0.481 e. The summed E-state index contributed by atoms with van der Waals surface area (Å²) < 4.78 is 52.1. The molecule has 1 rings (SSSR count). The first-order valence-corrected chi connectivity index (χ1v) is 4.53. The third-order valence-electron chi connectivity index (χ3n) is 1.79. The van der Waals surface area contributed by atoms with Crippen LogP contribution in [0.25, 0.3) is 0 Å². The van der Waals surface area contributed by atoms with E-state index in [9.17, 15) is 22.4 Å². The van der Waals surface area contributed by atoms with Gasteiger partial charge in [-0.15, -0.1) is 13.2 Å². The van der Waals surface area contributed by atoms with Gasteiger partial charge >= 0.3 is 12.3 Å². The molecule has 0 aromatic heterocycles. The Morgan fingerprint density at radius 2 is 1.94 bits per heavy atom. The van der Waals surface area contributed by atoms with E-state index in [2.05, 4.69) is 4.74 Å². The van der Waals surface area contributed by atoms with E-state index >= 15 is 0 Å². The molecule has 3 nitrogen and oxygen atoms in total. The average molecular weight is 252 g/mol. The van der Waals surface area contributed by atoms with Crippen molar-refractivity contribution in [3.63, 3.8) is 0 Å². The third-order valence-corrected chi connectivity index (χ3v) is 1.79. The molecule has 0 saturated carbocycles. The molecule has 0 spiro atoms. The highest BCUT2D eigenvalue weighted by atomic mass is 19.4. The molecule has 0 aliphatic heterocycles. The van der Waals surface area contributed by atoms with E-state index < -0.39 is 23.9 Å². The summed E-state index contributed by atoms with van der Waals surface area (Å²) in [4.78, 5) is 10.3. The van der Waals surface area contributed by atoms with E-state index in [0.717, 1.165) is 12.1 Å². The highest BCUT2D eigenvalue weighted by Gasteiger charge is 2.31. The van der Waals surface area contributed by atoms with Crippen LogP contribution in [-0.2, 0) is 11.2 Å². The largest absolute Gasteiger partial charge is 0.573 e. The Hall–Kier alpha value is -1.79. The fraction of sp³-hybridized carbons (Fsp3) is 0.300. The topological polar surface area (TPSA) is 46.5 Å². The third kappa shape index (κ3) is 5.19. The predicted molar refractivity (Wildman–Crippen MR) is 49.0 cm³/mol. The van der Waals surface area contributed by atoms with Crippen molar-refractivity contribution in [1.82, 2.24) is 0 Å². The molecule has 0 bridgehead atoms. The van der Waals surface area contributed by atoms with Gasteiger partial charge in [-0.3, -0.25) is 4.79 Å². The monoisotopic (exact) mass is 252 g/mol. The number of rotatable bonds is 4. The van der Waals surface area contributed by atoms with Crippen LogP contribution in [-0.4, -0.2) is 17.4 Å². The zero-order valence-corrected chi connectivity index (χ0v) is 8.42. The van der Waals surface area contributed by atoms with Crippen molar-refractivity contribution >= 4 is 5.97 Å². The van der Waals surface area contributed by atoms with Crippen LogP contribution < -0.4 is 4.74 Å². The van der Waals surface area contributed by atoms with Crippen molar-refractivity contribution in [3.05, 3.63) is 29.6 Å². The number of carboxylic acid groups (broad SMARTS) is 1. The highest BCUT2D eigenvalue weighted by molar-refractivity contribution is 5.67. The lowest BCUT2D eigenvalue weighted by Gasteiger charge is -2.10. The van der Waals surface area contributed by atoms with Crippen molar-refractivity contribution in [2.45, 2.75) is 19.2 Å². The number of aryl methyl sites for hydroxylation is 1. The summed E-state index contributed by atoms with van der Waals surface area (Å²) in [5.41, 5.74) is 0.131. The van der Waals surface area contributed by atoms with Crippen LogP contribution in [0.2, 0.25) is 0 Å². The Kier molecular flexibility index (Phi) is 3.93. The maximum absolute atomic E-state index is 12.9. The van der Waals surface area contributed by atoms with Crippen molar-refractivity contribution in [1.29, 1.82) is 0 Å². The first kappa shape index (κ1) is 13.3. The van der Waals surface area contributed by atoms with Gasteiger partial charge < -0.3 is 9.84 Å². The second-order valence-corrected chi connectivity index (χ2v) is 3.24. The lowest BCUT2D eigenvalue weighted by atomic mass is 10.1. The van der Waals surface area contributed by atoms with Gasteiger partial charge in [0.2, 0.25) is 0 Å². The summed E-state index contributed by atoms with van der Waals surface area (Å²) in [6.45, 7) is 0. The summed E-state index contributed by atoms with van der Waals surface area (Å²) in [6.07, 6.45) is -5.27. The van der Waals surface area contributed by atoms with Crippen LogP contribution >= 0.6 is 0 Å². The molecule has 1 aromatic carbocycles. The molecular weight excluding hydrogens is 244 g/mol. The fourth-order valence-corrected chi connectivity index (χ4v) is 1.21. The Bertz CT molecular complexity index is 415. The van der Waals surface area contributed by atoms with Crippen LogP contribution in [0.4, 0.5) is 17.6 Å². The molecule has 94 valence electrons. The lowest BCUT2D eigenvalue weighted by Crippen LogP contribution is -2.17. The minimum absolute atomic E-state index is 0.0681. The van der Waals surface area contributed by atoms with Gasteiger partial charge in [-0.05, 0) is 24.1 Å². The molecule has 0 unspecified atom stereocenters. The van der Waals surface area contributed by atoms with E-state index in [4.69, 9.17) is 5.11 Å². The molecule has 1 N–H and O–H groups in total. The summed E-state index contributed by atoms with van der Waals surface area (Å²) >= 11 is 0. The summed E-state index contributed by atoms with van der Waals surface area (Å²) in [5.74, 6) is -2.72. The SMILES string of the molecule is O=C(O)CCc1cc(F)cc(OC(F)(F)F)c1. The number of hydrogen-bond donors (Lipinski definition) is 1. The molecule has 0 saturated heterocycles. The number of halogens is 4. The van der Waals surface area contributed by atoms with Crippen LogP contribution in [0, 0.1) is 5.82 Å². The van der Waals surface area contributed by atoms with E-state index in [1.807, 2.05) is 0 Å². The summed E-state index contributed by atoms with van der Waals surface area (Å²) in [6, 6.07) is 2.50. The van der Waals surface area contributed by atoms with Gasteiger partial charge in [0, 0.05) is 12.5 Å². The fourth-order valence-electron chi connectivity index (χ4n) is 1.21. The van der Waals surface area contributed by atoms with Gasteiger partial charge in [-0.1, -0.05) is 0 Å². The summed E-state index contributed by atoms with van der Waals surface area (Å²) in [5, 5.41) is 8.39. The first-order chi connectivity index (χ1) is 7.76. The Labute approximate surface area is 93.6 Å². The summed E-state index contributed by atoms with van der Waals surface area (Å²) in [7, 11) is 0. The van der Waals surface area contributed by atoms with Crippen LogP contribution in [0.3, 0.4) is 0 Å². The molecule has 0 amide bonds. The maximum atomic E-state index is 12.9. The molecule has 0 aliphatic rings. The molecule has 17 heavy (non-hydrogen) atoms. The van der Waals surface area contributed by atoms with Crippen molar-refractivity contribution in [2.75, 3.05) is 0 Å². The van der Waals surface area contributed by atoms with Crippen molar-refractivity contribution in [2.24, 2.45) is 0 Å². The van der Waals surface area contributed by atoms with E-state index in [-0.39, 0.29) is 18.4 Å². The van der Waals surface area contributed by atoms with E-state index in [1.54, 1.807) is 0 Å². The Morgan fingerprint density at radius 1 is 1.29 bits per heavy atom. The van der Waals surface area contributed by atoms with Crippen LogP contribution in [0.1, 0.15) is 12.0 Å². The second kappa shape index (κ2) is 5.03. The number of aliphatic carboxylic acids is 1. The van der Waals surface area contributed by atoms with E-state index in [1.165, 1.54) is 0 Å². The van der Waals surface area contributed by atoms with Gasteiger partial charge in [0.05, 0.1) is 0 Å². The Morgan fingerprint density at radius 3 is 2.47 bits per heavy atom. The number of ether oxygens (including phenoxy) is 1. The molecule has 0 heterocycles. The van der Waals surface area contributed by atoms with Crippen molar-refractivity contribution in [3.8, 4) is 5.75 Å². The standard InChI is InChI=1S/C10H8F4O3/c11-7-3-6(1-2-9(15)16)4-8(5-7)17-10(12,13)14/h3-5H,1-2H2,(H,15,16). The molecule has 1 aromatic rings.